The summed E-state index contributed by atoms with van der Waals surface area (Å²) < 4.78 is 1.20. The fraction of sp³-hybridized carbons (Fsp3) is 0.222. The summed E-state index contributed by atoms with van der Waals surface area (Å²) >= 11 is 10.1. The van der Waals surface area contributed by atoms with Crippen LogP contribution >= 0.6 is 36.6 Å². The molecule has 0 fully saturated rings. The lowest BCUT2D eigenvalue weighted by Gasteiger charge is -2.14. The van der Waals surface area contributed by atoms with Crippen molar-refractivity contribution in [2.24, 2.45) is 0 Å². The zero-order valence-corrected chi connectivity index (χ0v) is 10.0. The van der Waals surface area contributed by atoms with E-state index in [4.69, 9.17) is 0 Å². The lowest BCUT2D eigenvalue weighted by Crippen LogP contribution is -2.18. The number of fused-ring (bicyclic) bond motifs is 1. The molecule has 14 heavy (non-hydrogen) atoms. The molecule has 2 rings (SSSR count). The maximum Gasteiger partial charge on any atom is 0.187 e. The maximum absolute atomic E-state index is 4.50. The number of hydrogen-bond donors (Lipinski definition) is 2. The molecule has 74 valence electrons. The van der Waals surface area contributed by atoms with E-state index in [-0.39, 0.29) is 0 Å². The van der Waals surface area contributed by atoms with Crippen molar-refractivity contribution < 1.29 is 0 Å². The van der Waals surface area contributed by atoms with Gasteiger partial charge in [0.2, 0.25) is 0 Å². The molecule has 2 aromatic rings. The van der Waals surface area contributed by atoms with Gasteiger partial charge >= 0.3 is 0 Å². The quantitative estimate of drug-likeness (QED) is 0.636. The van der Waals surface area contributed by atoms with Crippen LogP contribution in [0.1, 0.15) is 0 Å². The largest absolute Gasteiger partial charge is 0.330 e. The molecule has 1 aromatic heterocycles. The highest BCUT2D eigenvalue weighted by Gasteiger charge is 2.08. The second-order valence-corrected chi connectivity index (χ2v) is 4.36. The topological polar surface area (TPSA) is 16.1 Å². The van der Waals surface area contributed by atoms with Gasteiger partial charge in [0.25, 0.3) is 0 Å². The normalized spacial score (nSPS) is 10.7. The Labute approximate surface area is 97.8 Å². The standard InChI is InChI=1S/C9H10N2S3/c12-5-11(6-13)9-10-7-3-1-2-4-8(7)14-9/h1-4,12-13H,5-6H2. The number of anilines is 1. The van der Waals surface area contributed by atoms with Gasteiger partial charge in [-0.3, -0.25) is 0 Å². The summed E-state index contributed by atoms with van der Waals surface area (Å²) in [5, 5.41) is 0.983. The number of nitrogens with zero attached hydrogens (tertiary/aromatic N) is 2. The van der Waals surface area contributed by atoms with Gasteiger partial charge in [0, 0.05) is 0 Å². The number of benzene rings is 1. The molecule has 0 saturated carbocycles. The van der Waals surface area contributed by atoms with Crippen molar-refractivity contribution in [1.29, 1.82) is 0 Å². The Hall–Kier alpha value is -0.390. The molecule has 0 bridgehead atoms. The molecule has 0 amide bonds. The summed E-state index contributed by atoms with van der Waals surface area (Å²) in [6.07, 6.45) is 0. The first-order chi connectivity index (χ1) is 6.85. The molecule has 0 spiro atoms. The molecule has 0 atom stereocenters. The monoisotopic (exact) mass is 242 g/mol. The minimum absolute atomic E-state index is 0.642. The molecule has 0 aliphatic rings. The summed E-state index contributed by atoms with van der Waals surface area (Å²) in [6.45, 7) is 0. The van der Waals surface area contributed by atoms with Gasteiger partial charge in [-0.15, -0.1) is 0 Å². The predicted octanol–water partition coefficient (Wildman–Crippen LogP) is 2.88. The first-order valence-corrected chi connectivity index (χ1v) is 6.25. The van der Waals surface area contributed by atoms with Gasteiger partial charge in [0.05, 0.1) is 22.0 Å². The van der Waals surface area contributed by atoms with Crippen LogP contribution < -0.4 is 4.90 Å². The van der Waals surface area contributed by atoms with Crippen molar-refractivity contribution in [3.05, 3.63) is 24.3 Å². The first-order valence-electron chi connectivity index (χ1n) is 4.17. The minimum Gasteiger partial charge on any atom is -0.330 e. The predicted molar refractivity (Wildman–Crippen MR) is 69.8 cm³/mol. The van der Waals surface area contributed by atoms with E-state index in [1.807, 2.05) is 23.1 Å². The van der Waals surface area contributed by atoms with Crippen LogP contribution in [0, 0.1) is 0 Å². The molecule has 1 heterocycles. The number of thiol groups is 2. The van der Waals surface area contributed by atoms with Crippen LogP contribution in [-0.2, 0) is 0 Å². The van der Waals surface area contributed by atoms with E-state index in [9.17, 15) is 0 Å². The van der Waals surface area contributed by atoms with Crippen molar-refractivity contribution in [3.63, 3.8) is 0 Å². The average molecular weight is 242 g/mol. The smallest absolute Gasteiger partial charge is 0.187 e. The number of thiazole rings is 1. The summed E-state index contributed by atoms with van der Waals surface area (Å²) in [5.74, 6) is 1.28. The summed E-state index contributed by atoms with van der Waals surface area (Å²) in [6, 6.07) is 8.11. The van der Waals surface area contributed by atoms with Gasteiger partial charge in [-0.1, -0.05) is 23.5 Å². The molecule has 0 unspecified atom stereocenters. The lowest BCUT2D eigenvalue weighted by atomic mass is 10.3. The molecule has 5 heteroatoms. The number of hydrogen-bond acceptors (Lipinski definition) is 5. The lowest BCUT2D eigenvalue weighted by molar-refractivity contribution is 1.06. The Bertz CT molecular complexity index is 390. The van der Waals surface area contributed by atoms with Crippen molar-refractivity contribution in [3.8, 4) is 0 Å². The van der Waals surface area contributed by atoms with E-state index in [0.717, 1.165) is 10.6 Å². The van der Waals surface area contributed by atoms with Crippen LogP contribution in [-0.4, -0.2) is 16.7 Å². The van der Waals surface area contributed by atoms with E-state index in [0.29, 0.717) is 11.8 Å². The van der Waals surface area contributed by atoms with Crippen LogP contribution in [0.3, 0.4) is 0 Å². The van der Waals surface area contributed by atoms with E-state index in [1.54, 1.807) is 11.3 Å². The van der Waals surface area contributed by atoms with E-state index < -0.39 is 0 Å². The highest BCUT2D eigenvalue weighted by atomic mass is 32.1. The highest BCUT2D eigenvalue weighted by Crippen LogP contribution is 2.28. The summed E-state index contributed by atoms with van der Waals surface area (Å²) in [4.78, 5) is 6.51. The second kappa shape index (κ2) is 4.42. The third-order valence-corrected chi connectivity index (χ3v) is 3.67. The highest BCUT2D eigenvalue weighted by molar-refractivity contribution is 7.81. The Morgan fingerprint density at radius 3 is 2.57 bits per heavy atom. The van der Waals surface area contributed by atoms with Gasteiger partial charge in [-0.25, -0.2) is 4.98 Å². The zero-order valence-electron chi connectivity index (χ0n) is 7.42. The molecular weight excluding hydrogens is 232 g/mol. The van der Waals surface area contributed by atoms with E-state index in [2.05, 4.69) is 36.3 Å². The fourth-order valence-corrected chi connectivity index (χ4v) is 2.94. The third-order valence-electron chi connectivity index (χ3n) is 1.89. The summed E-state index contributed by atoms with van der Waals surface area (Å²) in [5.41, 5.74) is 1.04. The fourth-order valence-electron chi connectivity index (χ4n) is 1.16. The van der Waals surface area contributed by atoms with Gasteiger partial charge < -0.3 is 4.90 Å². The van der Waals surface area contributed by atoms with Crippen LogP contribution in [0.2, 0.25) is 0 Å². The molecule has 0 radical (unpaired) electrons. The van der Waals surface area contributed by atoms with Gasteiger partial charge in [0.15, 0.2) is 5.13 Å². The van der Waals surface area contributed by atoms with Crippen LogP contribution in [0.5, 0.6) is 0 Å². The Morgan fingerprint density at radius 1 is 1.21 bits per heavy atom. The van der Waals surface area contributed by atoms with Crippen LogP contribution in [0.15, 0.2) is 24.3 Å². The van der Waals surface area contributed by atoms with Gasteiger partial charge in [-0.2, -0.15) is 25.3 Å². The molecular formula is C9H10N2S3. The van der Waals surface area contributed by atoms with E-state index in [1.165, 1.54) is 4.70 Å². The Balaban J connectivity index is 2.43. The number of aromatic nitrogens is 1. The zero-order chi connectivity index (χ0) is 9.97. The molecule has 2 nitrogen and oxygen atoms in total. The Morgan fingerprint density at radius 2 is 1.93 bits per heavy atom. The maximum atomic E-state index is 4.50. The van der Waals surface area contributed by atoms with Crippen molar-refractivity contribution in [2.75, 3.05) is 16.7 Å². The van der Waals surface area contributed by atoms with Gasteiger partial charge in [0.1, 0.15) is 0 Å². The average Bonchev–Trinajstić information content (AvgIpc) is 2.63. The minimum atomic E-state index is 0.642. The van der Waals surface area contributed by atoms with Crippen molar-refractivity contribution >= 4 is 51.9 Å². The summed E-state index contributed by atoms with van der Waals surface area (Å²) in [7, 11) is 0. The second-order valence-electron chi connectivity index (χ2n) is 2.79. The van der Waals surface area contributed by atoms with Crippen molar-refractivity contribution in [2.45, 2.75) is 0 Å². The third kappa shape index (κ3) is 1.85. The van der Waals surface area contributed by atoms with Gasteiger partial charge in [-0.05, 0) is 12.1 Å². The van der Waals surface area contributed by atoms with E-state index >= 15 is 0 Å². The molecule has 0 aliphatic carbocycles. The molecule has 0 saturated heterocycles. The molecule has 1 aromatic carbocycles. The van der Waals surface area contributed by atoms with Crippen LogP contribution in [0.4, 0.5) is 5.13 Å². The molecule has 0 N–H and O–H groups in total. The SMILES string of the molecule is SCN(CS)c1nc2ccccc2s1. The van der Waals surface area contributed by atoms with Crippen molar-refractivity contribution in [1.82, 2.24) is 4.98 Å². The Kier molecular flexibility index (Phi) is 3.20. The first kappa shape index (κ1) is 10.1. The number of para-hydroxylation sites is 1. The molecule has 0 aliphatic heterocycles. The van der Waals surface area contributed by atoms with Crippen LogP contribution in [0.25, 0.3) is 10.2 Å². The number of rotatable bonds is 3.